The van der Waals surface area contributed by atoms with Crippen LogP contribution in [0.3, 0.4) is 0 Å². The van der Waals surface area contributed by atoms with Crippen molar-refractivity contribution in [1.82, 2.24) is 0 Å². The topological polar surface area (TPSA) is 26.0 Å². The number of hydrogen-bond donors (Lipinski definition) is 1. The van der Waals surface area contributed by atoms with E-state index in [9.17, 15) is 0 Å². The average Bonchev–Trinajstić information content (AvgIpc) is 1.98. The van der Waals surface area contributed by atoms with Gasteiger partial charge in [0.2, 0.25) is 0 Å². The summed E-state index contributed by atoms with van der Waals surface area (Å²) in [5, 5.41) is 0. The Morgan fingerprint density at radius 1 is 1.50 bits per heavy atom. The molecule has 2 heteroatoms. The van der Waals surface area contributed by atoms with Gasteiger partial charge in [-0.15, -0.1) is 0 Å². The van der Waals surface area contributed by atoms with Crippen molar-refractivity contribution in [2.75, 3.05) is 0 Å². The zero-order valence-corrected chi connectivity index (χ0v) is 4.94. The Morgan fingerprint density at radius 3 is 2.25 bits per heavy atom. The van der Waals surface area contributed by atoms with E-state index in [0.29, 0.717) is 0 Å². The number of hydrogen-bond acceptors (Lipinski definition) is 1. The fourth-order valence-corrected chi connectivity index (χ4v) is 0.626. The van der Waals surface area contributed by atoms with E-state index in [4.69, 9.17) is 5.73 Å². The van der Waals surface area contributed by atoms with Crippen LogP contribution in [-0.4, -0.2) is 17.7 Å². The molecule has 0 radical (unpaired) electrons. The third kappa shape index (κ3) is 0.752. The van der Waals surface area contributed by atoms with Crippen molar-refractivity contribution in [2.45, 2.75) is 0 Å². The molecule has 0 atom stereocenters. The summed E-state index contributed by atoms with van der Waals surface area (Å²) in [4.78, 5) is 0. The van der Waals surface area contributed by atoms with Crippen molar-refractivity contribution in [3.05, 3.63) is 34.2 Å². The molecule has 0 unspecified atom stereocenters. The Kier molecular flexibility index (Phi) is 1.33. The Hall–Kier alpha value is -0.383. The van der Waals surface area contributed by atoms with E-state index in [1.54, 1.807) is 0 Å². The van der Waals surface area contributed by atoms with E-state index < -0.39 is 0 Å². The zero-order chi connectivity index (χ0) is 6.15. The standard InChI is InChI=1S/C6H6N.Li/c1-5-2-3-6(7)4-5;/h2-3H,1,7H2;. The quantitative estimate of drug-likeness (QED) is 0.438. The molecule has 0 heterocycles. The van der Waals surface area contributed by atoms with E-state index in [1.807, 2.05) is 29.9 Å². The van der Waals surface area contributed by atoms with Crippen LogP contribution in [0.25, 0.3) is 0 Å². The summed E-state index contributed by atoms with van der Waals surface area (Å²) in [6, 6.07) is 0. The van der Waals surface area contributed by atoms with E-state index >= 15 is 0 Å². The molecule has 36 valence electrons. The first-order valence-electron chi connectivity index (χ1n) is 2.55. The van der Waals surface area contributed by atoms with Crippen LogP contribution in [0.5, 0.6) is 0 Å². The minimum absolute atomic E-state index is 0.843. The molecule has 0 aromatic heterocycles. The van der Waals surface area contributed by atoms with Gasteiger partial charge >= 0.3 is 57.7 Å². The van der Waals surface area contributed by atoms with Gasteiger partial charge in [0.1, 0.15) is 0 Å². The molecule has 0 spiro atoms. The molecule has 1 aliphatic carbocycles. The molecule has 0 amide bonds. The van der Waals surface area contributed by atoms with E-state index in [-0.39, 0.29) is 0 Å². The summed E-state index contributed by atoms with van der Waals surface area (Å²) in [5.74, 6) is 0. The molecular weight excluding hydrogens is 93.0 g/mol. The fourth-order valence-electron chi connectivity index (χ4n) is 0.626. The molecule has 1 rings (SSSR count). The third-order valence-corrected chi connectivity index (χ3v) is 1.38. The van der Waals surface area contributed by atoms with Gasteiger partial charge in [-0.2, -0.15) is 0 Å². The second kappa shape index (κ2) is 1.85. The summed E-state index contributed by atoms with van der Waals surface area (Å²) in [5.41, 5.74) is 7.37. The predicted octanol–water partition coefficient (Wildman–Crippen LogP) is 0.451. The van der Waals surface area contributed by atoms with E-state index in [0.717, 1.165) is 15.5 Å². The Labute approximate surface area is 58.2 Å². The van der Waals surface area contributed by atoms with Crippen LogP contribution in [0.1, 0.15) is 0 Å². The summed E-state index contributed by atoms with van der Waals surface area (Å²) in [6.07, 6.45) is 3.79. The van der Waals surface area contributed by atoms with Crippen molar-refractivity contribution in [1.29, 1.82) is 0 Å². The molecule has 8 heavy (non-hydrogen) atoms. The van der Waals surface area contributed by atoms with Crippen LogP contribution in [-0.2, 0) is 0 Å². The summed E-state index contributed by atoms with van der Waals surface area (Å²) < 4.78 is 1.10. The molecule has 1 aliphatic rings. The third-order valence-electron chi connectivity index (χ3n) is 1.38. The molecule has 0 aromatic rings. The first kappa shape index (κ1) is 5.75. The Bertz CT molecular complexity index is 185. The number of rotatable bonds is 0. The van der Waals surface area contributed by atoms with Gasteiger partial charge in [-0.05, 0) is 0 Å². The molecule has 0 bridgehead atoms. The zero-order valence-electron chi connectivity index (χ0n) is 4.94. The summed E-state index contributed by atoms with van der Waals surface area (Å²) in [6.45, 7) is 3.76. The molecule has 0 aromatic carbocycles. The first-order valence-corrected chi connectivity index (χ1v) is 2.55. The SMILES string of the molecule is [Li][C]1=C(N)C=CC1=C. The molecule has 2 N–H and O–H groups in total. The Morgan fingerprint density at radius 2 is 2.12 bits per heavy atom. The van der Waals surface area contributed by atoms with Gasteiger partial charge in [0.25, 0.3) is 0 Å². The molecule has 0 saturated carbocycles. The van der Waals surface area contributed by atoms with Gasteiger partial charge in [0, 0.05) is 0 Å². The van der Waals surface area contributed by atoms with Crippen LogP contribution < -0.4 is 5.73 Å². The monoisotopic (exact) mass is 99.1 g/mol. The van der Waals surface area contributed by atoms with Gasteiger partial charge in [0.15, 0.2) is 0 Å². The van der Waals surface area contributed by atoms with Crippen LogP contribution >= 0.6 is 0 Å². The maximum absolute atomic E-state index is 5.50. The predicted molar refractivity (Wildman–Crippen MR) is 35.2 cm³/mol. The second-order valence-electron chi connectivity index (χ2n) is 1.94. The van der Waals surface area contributed by atoms with Gasteiger partial charge in [-0.25, -0.2) is 0 Å². The summed E-state index contributed by atoms with van der Waals surface area (Å²) >= 11 is 1.97. The molecular formula is C6H6LiN. The average molecular weight is 99.1 g/mol. The maximum atomic E-state index is 5.50. The van der Waals surface area contributed by atoms with Gasteiger partial charge < -0.3 is 0 Å². The fraction of sp³-hybridized carbons (Fsp3) is 0. The molecule has 0 fully saturated rings. The van der Waals surface area contributed by atoms with E-state index in [2.05, 4.69) is 6.58 Å². The van der Waals surface area contributed by atoms with E-state index in [1.165, 1.54) is 0 Å². The van der Waals surface area contributed by atoms with Crippen molar-refractivity contribution < 1.29 is 0 Å². The molecule has 1 nitrogen and oxygen atoms in total. The number of allylic oxidation sites excluding steroid dienone is 4. The Balaban J connectivity index is 3.02. The van der Waals surface area contributed by atoms with Gasteiger partial charge in [0.05, 0.1) is 0 Å². The van der Waals surface area contributed by atoms with Crippen LogP contribution in [0.2, 0.25) is 0 Å². The van der Waals surface area contributed by atoms with Crippen molar-refractivity contribution in [2.24, 2.45) is 5.73 Å². The van der Waals surface area contributed by atoms with Crippen LogP contribution in [0, 0.1) is 0 Å². The second-order valence-corrected chi connectivity index (χ2v) is 1.94. The van der Waals surface area contributed by atoms with Crippen molar-refractivity contribution in [3.8, 4) is 0 Å². The normalized spacial score (nSPS) is 18.5. The molecule has 0 aliphatic heterocycles. The van der Waals surface area contributed by atoms with Crippen molar-refractivity contribution in [3.63, 3.8) is 0 Å². The summed E-state index contributed by atoms with van der Waals surface area (Å²) in [7, 11) is 0. The van der Waals surface area contributed by atoms with Crippen LogP contribution in [0.15, 0.2) is 34.2 Å². The molecule has 0 saturated heterocycles. The van der Waals surface area contributed by atoms with Crippen LogP contribution in [0.4, 0.5) is 0 Å². The first-order chi connectivity index (χ1) is 3.72. The van der Waals surface area contributed by atoms with Gasteiger partial charge in [-0.3, -0.25) is 0 Å². The van der Waals surface area contributed by atoms with Gasteiger partial charge in [-0.1, -0.05) is 0 Å². The number of nitrogens with two attached hydrogens (primary N) is 1. The minimum atomic E-state index is 0.843. The van der Waals surface area contributed by atoms with Crippen molar-refractivity contribution >= 4 is 17.7 Å².